The van der Waals surface area contributed by atoms with E-state index in [2.05, 4.69) is 14.8 Å². The van der Waals surface area contributed by atoms with E-state index in [1.807, 2.05) is 6.07 Å². The Bertz CT molecular complexity index is 584. The summed E-state index contributed by atoms with van der Waals surface area (Å²) in [6, 6.07) is 7.95. The van der Waals surface area contributed by atoms with Crippen molar-refractivity contribution in [2.45, 2.75) is 18.6 Å². The van der Waals surface area contributed by atoms with Crippen LogP contribution in [0.25, 0.3) is 0 Å². The fourth-order valence-electron chi connectivity index (χ4n) is 1.99. The zero-order valence-electron chi connectivity index (χ0n) is 13.9. The van der Waals surface area contributed by atoms with E-state index in [4.69, 9.17) is 4.74 Å². The van der Waals surface area contributed by atoms with Gasteiger partial charge in [-0.2, -0.15) is 0 Å². The van der Waals surface area contributed by atoms with E-state index >= 15 is 0 Å². The second kappa shape index (κ2) is 10.2. The number of nitrogens with one attached hydrogen (secondary N) is 1. The van der Waals surface area contributed by atoms with Gasteiger partial charge in [-0.25, -0.2) is 9.59 Å². The molecule has 2 atom stereocenters. The van der Waals surface area contributed by atoms with Crippen molar-refractivity contribution in [2.75, 3.05) is 21.3 Å². The highest BCUT2D eigenvalue weighted by molar-refractivity contribution is 5.88. The van der Waals surface area contributed by atoms with Crippen molar-refractivity contribution in [2.24, 2.45) is 0 Å². The molecule has 0 radical (unpaired) electrons. The van der Waals surface area contributed by atoms with E-state index in [0.29, 0.717) is 5.56 Å². The van der Waals surface area contributed by atoms with Gasteiger partial charge in [-0.3, -0.25) is 4.79 Å². The molecule has 0 aromatic heterocycles. The summed E-state index contributed by atoms with van der Waals surface area (Å²) >= 11 is 0. The summed E-state index contributed by atoms with van der Waals surface area (Å²) in [5.74, 6) is -1.66. The quantitative estimate of drug-likeness (QED) is 0.566. The minimum absolute atomic E-state index is 0.0821. The molecule has 7 heteroatoms. The number of esters is 2. The molecule has 24 heavy (non-hydrogen) atoms. The highest BCUT2D eigenvalue weighted by Gasteiger charge is 2.26. The van der Waals surface area contributed by atoms with Crippen molar-refractivity contribution in [3.05, 3.63) is 48.0 Å². The molecule has 1 aromatic carbocycles. The molecule has 0 spiro atoms. The highest BCUT2D eigenvalue weighted by Crippen LogP contribution is 2.16. The Labute approximate surface area is 140 Å². The van der Waals surface area contributed by atoms with Gasteiger partial charge in [-0.05, 0) is 12.0 Å². The van der Waals surface area contributed by atoms with Gasteiger partial charge < -0.3 is 19.5 Å². The molecule has 0 saturated carbocycles. The van der Waals surface area contributed by atoms with Gasteiger partial charge in [0, 0.05) is 13.2 Å². The Hall–Kier alpha value is -2.67. The van der Waals surface area contributed by atoms with Crippen LogP contribution in [0.3, 0.4) is 0 Å². The van der Waals surface area contributed by atoms with Crippen LogP contribution in [0.15, 0.2) is 42.5 Å². The molecule has 1 rings (SSSR count). The molecule has 1 amide bonds. The highest BCUT2D eigenvalue weighted by atomic mass is 16.5. The summed E-state index contributed by atoms with van der Waals surface area (Å²) in [4.78, 5) is 35.3. The largest absolute Gasteiger partial charge is 0.467 e. The second-order valence-electron chi connectivity index (χ2n) is 4.77. The summed E-state index contributed by atoms with van der Waals surface area (Å²) in [7, 11) is 3.87. The van der Waals surface area contributed by atoms with Crippen LogP contribution in [-0.2, 0) is 28.6 Å². The fraction of sp³-hybridized carbons (Fsp3) is 0.353. The van der Waals surface area contributed by atoms with Crippen molar-refractivity contribution < 1.29 is 28.6 Å². The maximum atomic E-state index is 12.4. The molecular weight excluding hydrogens is 314 g/mol. The summed E-state index contributed by atoms with van der Waals surface area (Å²) in [6.45, 7) is 0. The molecule has 0 unspecified atom stereocenters. The standard InChI is InChI=1S/C17H21NO6/c1-22-14(19)11-7-10-13(17(21)24-3)18-16(20)15(23-2)12-8-5-4-6-9-12/h4-9,11,13,15H,10H2,1-3H3,(H,18,20)/b11-7+/t13-,15+/m0/s1. The molecule has 1 N–H and O–H groups in total. The molecule has 0 bridgehead atoms. The van der Waals surface area contributed by atoms with Gasteiger partial charge in [0.15, 0.2) is 6.10 Å². The Morgan fingerprint density at radius 1 is 1.08 bits per heavy atom. The Balaban J connectivity index is 2.81. The maximum absolute atomic E-state index is 12.4. The van der Waals surface area contributed by atoms with Gasteiger partial charge in [-0.15, -0.1) is 0 Å². The first-order valence-electron chi connectivity index (χ1n) is 7.23. The lowest BCUT2D eigenvalue weighted by Crippen LogP contribution is -2.43. The number of hydrogen-bond donors (Lipinski definition) is 1. The predicted octanol–water partition coefficient (Wildman–Crippen LogP) is 1.15. The van der Waals surface area contributed by atoms with Crippen LogP contribution in [0.4, 0.5) is 0 Å². The number of rotatable bonds is 8. The van der Waals surface area contributed by atoms with Crippen molar-refractivity contribution in [3.63, 3.8) is 0 Å². The third-order valence-electron chi connectivity index (χ3n) is 3.21. The molecule has 0 aliphatic rings. The lowest BCUT2D eigenvalue weighted by Gasteiger charge is -2.20. The van der Waals surface area contributed by atoms with Gasteiger partial charge in [0.2, 0.25) is 0 Å². The van der Waals surface area contributed by atoms with Gasteiger partial charge in [0.1, 0.15) is 6.04 Å². The first kappa shape index (κ1) is 19.4. The number of methoxy groups -OCH3 is 3. The third kappa shape index (κ3) is 5.85. The van der Waals surface area contributed by atoms with E-state index in [0.717, 1.165) is 0 Å². The summed E-state index contributed by atoms with van der Waals surface area (Å²) in [6.07, 6.45) is 1.83. The van der Waals surface area contributed by atoms with E-state index in [1.54, 1.807) is 24.3 Å². The molecule has 0 heterocycles. The fourth-order valence-corrected chi connectivity index (χ4v) is 1.99. The maximum Gasteiger partial charge on any atom is 0.330 e. The van der Waals surface area contributed by atoms with E-state index < -0.39 is 30.0 Å². The molecule has 0 aliphatic carbocycles. The summed E-state index contributed by atoms with van der Waals surface area (Å²) < 4.78 is 14.4. The smallest absolute Gasteiger partial charge is 0.330 e. The van der Waals surface area contributed by atoms with Crippen molar-refractivity contribution >= 4 is 17.8 Å². The number of amides is 1. The number of carbonyl (C=O) groups excluding carboxylic acids is 3. The SMILES string of the molecule is COC(=O)/C=C/C[C@H](NC(=O)[C@H](OC)c1ccccc1)C(=O)OC. The molecular formula is C17H21NO6. The van der Waals surface area contributed by atoms with Gasteiger partial charge in [0.05, 0.1) is 14.2 Å². The molecule has 130 valence electrons. The molecule has 7 nitrogen and oxygen atoms in total. The Morgan fingerprint density at radius 2 is 1.75 bits per heavy atom. The average molecular weight is 335 g/mol. The Kier molecular flexibility index (Phi) is 8.21. The van der Waals surface area contributed by atoms with Crippen LogP contribution < -0.4 is 5.32 Å². The zero-order valence-corrected chi connectivity index (χ0v) is 13.9. The lowest BCUT2D eigenvalue weighted by molar-refractivity contribution is -0.146. The molecule has 0 fully saturated rings. The number of hydrogen-bond acceptors (Lipinski definition) is 6. The predicted molar refractivity (Wildman–Crippen MR) is 85.9 cm³/mol. The number of benzene rings is 1. The molecule has 0 aliphatic heterocycles. The van der Waals surface area contributed by atoms with Crippen LogP contribution in [-0.4, -0.2) is 45.2 Å². The van der Waals surface area contributed by atoms with Crippen LogP contribution >= 0.6 is 0 Å². The molecule has 1 aromatic rings. The van der Waals surface area contributed by atoms with Crippen LogP contribution in [0.1, 0.15) is 18.1 Å². The first-order valence-corrected chi connectivity index (χ1v) is 7.23. The third-order valence-corrected chi connectivity index (χ3v) is 3.21. The lowest BCUT2D eigenvalue weighted by atomic mass is 10.1. The number of carbonyl (C=O) groups is 3. The summed E-state index contributed by atoms with van der Waals surface area (Å²) in [5.41, 5.74) is 0.659. The normalized spacial score (nSPS) is 13.1. The van der Waals surface area contributed by atoms with Crippen molar-refractivity contribution in [1.82, 2.24) is 5.32 Å². The average Bonchev–Trinajstić information content (AvgIpc) is 2.61. The molecule has 0 saturated heterocycles. The van der Waals surface area contributed by atoms with Crippen LogP contribution in [0, 0.1) is 0 Å². The van der Waals surface area contributed by atoms with Crippen LogP contribution in [0.2, 0.25) is 0 Å². The van der Waals surface area contributed by atoms with Gasteiger partial charge >= 0.3 is 11.9 Å². The Morgan fingerprint density at radius 3 is 2.29 bits per heavy atom. The van der Waals surface area contributed by atoms with Gasteiger partial charge in [0.25, 0.3) is 5.91 Å². The second-order valence-corrected chi connectivity index (χ2v) is 4.77. The minimum atomic E-state index is -0.940. The van der Waals surface area contributed by atoms with E-state index in [9.17, 15) is 14.4 Å². The zero-order chi connectivity index (χ0) is 17.9. The van der Waals surface area contributed by atoms with E-state index in [1.165, 1.54) is 33.5 Å². The van der Waals surface area contributed by atoms with Crippen molar-refractivity contribution in [1.29, 1.82) is 0 Å². The number of ether oxygens (including phenoxy) is 3. The first-order chi connectivity index (χ1) is 11.5. The van der Waals surface area contributed by atoms with Crippen molar-refractivity contribution in [3.8, 4) is 0 Å². The summed E-state index contributed by atoms with van der Waals surface area (Å²) in [5, 5.41) is 2.57. The topological polar surface area (TPSA) is 90.9 Å². The minimum Gasteiger partial charge on any atom is -0.467 e. The van der Waals surface area contributed by atoms with Crippen LogP contribution in [0.5, 0.6) is 0 Å². The van der Waals surface area contributed by atoms with Gasteiger partial charge in [-0.1, -0.05) is 36.4 Å². The van der Waals surface area contributed by atoms with E-state index in [-0.39, 0.29) is 6.42 Å². The monoisotopic (exact) mass is 335 g/mol.